The van der Waals surface area contributed by atoms with Gasteiger partial charge in [0.15, 0.2) is 0 Å². The van der Waals surface area contributed by atoms with E-state index in [1.165, 1.54) is 0 Å². The van der Waals surface area contributed by atoms with Crippen molar-refractivity contribution in [2.24, 2.45) is 11.3 Å². The van der Waals surface area contributed by atoms with Gasteiger partial charge in [0.05, 0.1) is 5.92 Å². The van der Waals surface area contributed by atoms with Crippen LogP contribution in [0.5, 0.6) is 0 Å². The predicted octanol–water partition coefficient (Wildman–Crippen LogP) is 2.44. The van der Waals surface area contributed by atoms with Gasteiger partial charge in [-0.15, -0.1) is 10.2 Å². The molecule has 1 atom stereocenters. The number of carboxylic acids is 1. The Kier molecular flexibility index (Phi) is 4.07. The number of carbonyl (C=O) groups excluding carboxylic acids is 1. The first kappa shape index (κ1) is 16.3. The van der Waals surface area contributed by atoms with E-state index in [4.69, 9.17) is 9.52 Å². The number of hydrogen-bond acceptors (Lipinski definition) is 6. The van der Waals surface area contributed by atoms with Crippen molar-refractivity contribution in [1.29, 1.82) is 0 Å². The van der Waals surface area contributed by atoms with E-state index in [9.17, 15) is 9.59 Å². The zero-order valence-corrected chi connectivity index (χ0v) is 14.5. The van der Waals surface area contributed by atoms with Crippen LogP contribution in [0, 0.1) is 11.3 Å². The largest absolute Gasteiger partial charge is 0.481 e. The van der Waals surface area contributed by atoms with E-state index >= 15 is 0 Å². The Morgan fingerprint density at radius 2 is 2.16 bits per heavy atom. The molecule has 1 unspecified atom stereocenters. The molecule has 8 heteroatoms. The van der Waals surface area contributed by atoms with Gasteiger partial charge in [-0.3, -0.25) is 9.59 Å². The zero-order chi connectivity index (χ0) is 17.4. The Balaban J connectivity index is 1.27. The lowest BCUT2D eigenvalue weighted by atomic mass is 9.90. The second-order valence-electron chi connectivity index (χ2n) is 6.85. The molecule has 1 aliphatic heterocycles. The number of nitrogens with zero attached hydrogens (tertiary/aromatic N) is 3. The van der Waals surface area contributed by atoms with Crippen molar-refractivity contribution >= 4 is 23.2 Å². The van der Waals surface area contributed by atoms with Crippen molar-refractivity contribution < 1.29 is 19.1 Å². The highest BCUT2D eigenvalue weighted by Crippen LogP contribution is 2.59. The molecule has 0 bridgehead atoms. The number of hydrogen-bond donors (Lipinski definition) is 1. The minimum Gasteiger partial charge on any atom is -0.481 e. The predicted molar refractivity (Wildman–Crippen MR) is 89.9 cm³/mol. The molecule has 3 heterocycles. The van der Waals surface area contributed by atoms with Crippen LogP contribution in [-0.4, -0.2) is 45.2 Å². The maximum atomic E-state index is 12.4. The maximum Gasteiger partial charge on any atom is 0.307 e. The second-order valence-corrected chi connectivity index (χ2v) is 7.63. The number of amides is 1. The van der Waals surface area contributed by atoms with Gasteiger partial charge in [0.25, 0.3) is 0 Å². The Morgan fingerprint density at radius 3 is 2.80 bits per heavy atom. The van der Waals surface area contributed by atoms with Gasteiger partial charge in [-0.05, 0) is 36.1 Å². The van der Waals surface area contributed by atoms with E-state index in [0.29, 0.717) is 37.7 Å². The minimum atomic E-state index is -0.697. The highest BCUT2D eigenvalue weighted by molar-refractivity contribution is 7.08. The molecule has 4 rings (SSSR count). The third-order valence-corrected chi connectivity index (χ3v) is 6.07. The fourth-order valence-corrected chi connectivity index (χ4v) is 4.31. The highest BCUT2D eigenvalue weighted by Gasteiger charge is 2.59. The Labute approximate surface area is 148 Å². The molecule has 2 aromatic rings. The van der Waals surface area contributed by atoms with E-state index in [1.54, 1.807) is 11.3 Å². The van der Waals surface area contributed by atoms with Crippen molar-refractivity contribution in [3.8, 4) is 11.5 Å². The molecule has 0 aromatic carbocycles. The Bertz CT molecular complexity index is 778. The van der Waals surface area contributed by atoms with Crippen molar-refractivity contribution in [2.45, 2.75) is 32.1 Å². The van der Waals surface area contributed by atoms with Crippen LogP contribution in [0.1, 0.15) is 31.6 Å². The first-order valence-corrected chi connectivity index (χ1v) is 9.37. The molecular formula is C17H19N3O4S. The maximum absolute atomic E-state index is 12.4. The van der Waals surface area contributed by atoms with Crippen LogP contribution in [0.3, 0.4) is 0 Å². The zero-order valence-electron chi connectivity index (χ0n) is 13.7. The molecule has 132 valence electrons. The van der Waals surface area contributed by atoms with Crippen LogP contribution in [0.15, 0.2) is 21.2 Å². The number of aromatic nitrogens is 2. The van der Waals surface area contributed by atoms with E-state index in [-0.39, 0.29) is 17.2 Å². The van der Waals surface area contributed by atoms with Crippen LogP contribution in [0.4, 0.5) is 0 Å². The van der Waals surface area contributed by atoms with Crippen LogP contribution in [-0.2, 0) is 16.0 Å². The molecule has 1 spiro atoms. The van der Waals surface area contributed by atoms with Crippen LogP contribution >= 0.6 is 11.3 Å². The lowest BCUT2D eigenvalue weighted by Gasteiger charge is -2.32. The van der Waals surface area contributed by atoms with Gasteiger partial charge in [-0.25, -0.2) is 0 Å². The quantitative estimate of drug-likeness (QED) is 0.879. The summed E-state index contributed by atoms with van der Waals surface area (Å²) in [4.78, 5) is 25.3. The SMILES string of the molecule is O=C(O)C1CC12CCN(C(=O)CCc1nnc(-c3ccsc3)o1)CC2. The highest BCUT2D eigenvalue weighted by atomic mass is 32.1. The molecule has 7 nitrogen and oxygen atoms in total. The summed E-state index contributed by atoms with van der Waals surface area (Å²) in [5, 5.41) is 21.0. The summed E-state index contributed by atoms with van der Waals surface area (Å²) in [6.07, 6.45) is 3.10. The number of piperidine rings is 1. The molecule has 1 saturated heterocycles. The Morgan fingerprint density at radius 1 is 1.36 bits per heavy atom. The number of aliphatic carboxylic acids is 1. The third-order valence-electron chi connectivity index (χ3n) is 5.39. The summed E-state index contributed by atoms with van der Waals surface area (Å²) < 4.78 is 5.60. The number of likely N-dealkylation sites (tertiary alicyclic amines) is 1. The molecule has 1 aliphatic carbocycles. The summed E-state index contributed by atoms with van der Waals surface area (Å²) in [6, 6.07) is 1.92. The number of carboxylic acid groups (broad SMARTS) is 1. The lowest BCUT2D eigenvalue weighted by Crippen LogP contribution is -2.40. The summed E-state index contributed by atoms with van der Waals surface area (Å²) in [5.41, 5.74) is 0.846. The van der Waals surface area contributed by atoms with Gasteiger partial charge in [0.1, 0.15) is 0 Å². The standard InChI is InChI=1S/C17H19N3O4S/c21-14(20-6-4-17(5-7-20)9-12(17)16(22)23)2-1-13-18-19-15(24-13)11-3-8-25-10-11/h3,8,10,12H,1-2,4-7,9H2,(H,22,23). The first-order valence-electron chi connectivity index (χ1n) is 8.43. The van der Waals surface area contributed by atoms with Gasteiger partial charge in [-0.1, -0.05) is 0 Å². The first-order chi connectivity index (χ1) is 12.1. The normalized spacial score (nSPS) is 21.4. The van der Waals surface area contributed by atoms with Gasteiger partial charge < -0.3 is 14.4 Å². The van der Waals surface area contributed by atoms with Crippen LogP contribution < -0.4 is 0 Å². The molecule has 0 radical (unpaired) electrons. The van der Waals surface area contributed by atoms with Crippen LogP contribution in [0.25, 0.3) is 11.5 Å². The molecule has 1 saturated carbocycles. The summed E-state index contributed by atoms with van der Waals surface area (Å²) in [7, 11) is 0. The molecular weight excluding hydrogens is 342 g/mol. The van der Waals surface area contributed by atoms with Gasteiger partial charge in [0.2, 0.25) is 17.7 Å². The molecule has 2 fully saturated rings. The average Bonchev–Trinajstić information content (AvgIpc) is 3.02. The van der Waals surface area contributed by atoms with Gasteiger partial charge >= 0.3 is 5.97 Å². The van der Waals surface area contributed by atoms with E-state index < -0.39 is 5.97 Å². The molecule has 2 aromatic heterocycles. The number of thiophene rings is 1. The monoisotopic (exact) mass is 361 g/mol. The van der Waals surface area contributed by atoms with E-state index in [0.717, 1.165) is 24.8 Å². The third kappa shape index (κ3) is 3.18. The number of aryl methyl sites for hydroxylation is 1. The molecule has 1 N–H and O–H groups in total. The van der Waals surface area contributed by atoms with Gasteiger partial charge in [-0.2, -0.15) is 11.3 Å². The second kappa shape index (κ2) is 6.25. The van der Waals surface area contributed by atoms with Gasteiger partial charge in [0, 0.05) is 36.9 Å². The van der Waals surface area contributed by atoms with E-state index in [2.05, 4.69) is 10.2 Å². The number of carbonyl (C=O) groups is 2. The fourth-order valence-electron chi connectivity index (χ4n) is 3.68. The smallest absolute Gasteiger partial charge is 0.307 e. The van der Waals surface area contributed by atoms with Crippen molar-refractivity contribution in [3.05, 3.63) is 22.7 Å². The van der Waals surface area contributed by atoms with Crippen LogP contribution in [0.2, 0.25) is 0 Å². The molecule has 1 amide bonds. The Hall–Kier alpha value is -2.22. The fraction of sp³-hybridized carbons (Fsp3) is 0.529. The van der Waals surface area contributed by atoms with Crippen molar-refractivity contribution in [2.75, 3.05) is 13.1 Å². The molecule has 25 heavy (non-hydrogen) atoms. The topological polar surface area (TPSA) is 96.5 Å². The lowest BCUT2D eigenvalue weighted by molar-refractivity contribution is -0.139. The van der Waals surface area contributed by atoms with Crippen molar-refractivity contribution in [1.82, 2.24) is 15.1 Å². The summed E-state index contributed by atoms with van der Waals surface area (Å²) >= 11 is 1.56. The minimum absolute atomic E-state index is 0.0511. The van der Waals surface area contributed by atoms with Crippen molar-refractivity contribution in [3.63, 3.8) is 0 Å². The number of rotatable bonds is 5. The summed E-state index contributed by atoms with van der Waals surface area (Å²) in [6.45, 7) is 1.29. The van der Waals surface area contributed by atoms with E-state index in [1.807, 2.05) is 21.7 Å². The summed E-state index contributed by atoms with van der Waals surface area (Å²) in [5.74, 6) is 0.113. The average molecular weight is 361 g/mol. The molecule has 2 aliphatic rings.